The molecule has 1 aliphatic heterocycles. The van der Waals surface area contributed by atoms with Crippen molar-refractivity contribution < 1.29 is 9.90 Å². The average Bonchev–Trinajstić information content (AvgIpc) is 2.39. The molecule has 0 amide bonds. The topological polar surface area (TPSA) is 66.3 Å². The van der Waals surface area contributed by atoms with Gasteiger partial charge in [0.05, 0.1) is 6.20 Å². The zero-order chi connectivity index (χ0) is 13.0. The van der Waals surface area contributed by atoms with Crippen LogP contribution < -0.4 is 4.90 Å². The van der Waals surface area contributed by atoms with Gasteiger partial charge in [-0.1, -0.05) is 6.92 Å². The van der Waals surface area contributed by atoms with Crippen LogP contribution in [0.15, 0.2) is 18.6 Å². The lowest BCUT2D eigenvalue weighted by molar-refractivity contribution is -0.138. The minimum atomic E-state index is -0.709. The predicted octanol–water partition coefficient (Wildman–Crippen LogP) is 1.80. The van der Waals surface area contributed by atoms with Crippen molar-refractivity contribution in [3.05, 3.63) is 18.6 Å². The summed E-state index contributed by atoms with van der Waals surface area (Å²) in [7, 11) is 0. The third kappa shape index (κ3) is 3.18. The van der Waals surface area contributed by atoms with Crippen molar-refractivity contribution in [2.75, 3.05) is 18.0 Å². The van der Waals surface area contributed by atoms with Crippen LogP contribution in [0.25, 0.3) is 0 Å². The second kappa shape index (κ2) is 5.80. The van der Waals surface area contributed by atoms with Gasteiger partial charge in [0.1, 0.15) is 5.82 Å². The molecule has 0 radical (unpaired) electrons. The molecule has 1 aromatic heterocycles. The lowest BCUT2D eigenvalue weighted by Gasteiger charge is -2.35. The van der Waals surface area contributed by atoms with Crippen molar-refractivity contribution in [3.63, 3.8) is 0 Å². The average molecular weight is 249 g/mol. The van der Waals surface area contributed by atoms with Crippen LogP contribution in [0.3, 0.4) is 0 Å². The molecule has 2 rings (SSSR count). The summed E-state index contributed by atoms with van der Waals surface area (Å²) in [5.41, 5.74) is 0. The highest BCUT2D eigenvalue weighted by Gasteiger charge is 2.26. The Morgan fingerprint density at radius 3 is 3.11 bits per heavy atom. The molecule has 1 N–H and O–H groups in total. The summed E-state index contributed by atoms with van der Waals surface area (Å²) < 4.78 is 0. The van der Waals surface area contributed by atoms with E-state index in [1.165, 1.54) is 0 Å². The highest BCUT2D eigenvalue weighted by Crippen LogP contribution is 2.27. The summed E-state index contributed by atoms with van der Waals surface area (Å²) in [6, 6.07) is 0. The molecular weight excluding hydrogens is 230 g/mol. The van der Waals surface area contributed by atoms with Crippen LogP contribution >= 0.6 is 0 Å². The van der Waals surface area contributed by atoms with E-state index in [2.05, 4.69) is 14.9 Å². The Kier molecular flexibility index (Phi) is 4.12. The van der Waals surface area contributed by atoms with Gasteiger partial charge in [0.25, 0.3) is 0 Å². The lowest BCUT2D eigenvalue weighted by Crippen LogP contribution is -2.38. The minimum absolute atomic E-state index is 0.210. The zero-order valence-electron chi connectivity index (χ0n) is 10.6. The Bertz CT molecular complexity index is 396. The molecule has 2 atom stereocenters. The molecule has 18 heavy (non-hydrogen) atoms. The fraction of sp³-hybridized carbons (Fsp3) is 0.615. The maximum absolute atomic E-state index is 10.8. The highest BCUT2D eigenvalue weighted by atomic mass is 16.4. The second-order valence-electron chi connectivity index (χ2n) is 4.99. The molecule has 1 saturated heterocycles. The fourth-order valence-electron chi connectivity index (χ4n) is 2.58. The van der Waals surface area contributed by atoms with E-state index in [1.807, 2.05) is 6.92 Å². The van der Waals surface area contributed by atoms with Gasteiger partial charge < -0.3 is 10.0 Å². The molecule has 2 unspecified atom stereocenters. The van der Waals surface area contributed by atoms with Crippen LogP contribution in [0.1, 0.15) is 26.2 Å². The first-order valence-corrected chi connectivity index (χ1v) is 6.39. The van der Waals surface area contributed by atoms with E-state index in [-0.39, 0.29) is 12.3 Å². The number of carbonyl (C=O) groups is 1. The van der Waals surface area contributed by atoms with Gasteiger partial charge >= 0.3 is 5.97 Å². The SMILES string of the molecule is CC(CC(=O)O)C1CCCN(c2cnccn2)C1. The van der Waals surface area contributed by atoms with Crippen molar-refractivity contribution in [2.24, 2.45) is 11.8 Å². The number of carboxylic acid groups (broad SMARTS) is 1. The Labute approximate surface area is 107 Å². The van der Waals surface area contributed by atoms with E-state index < -0.39 is 5.97 Å². The van der Waals surface area contributed by atoms with Crippen LogP contribution in [-0.4, -0.2) is 34.1 Å². The smallest absolute Gasteiger partial charge is 0.303 e. The third-order valence-electron chi connectivity index (χ3n) is 3.63. The lowest BCUT2D eigenvalue weighted by atomic mass is 9.85. The monoisotopic (exact) mass is 249 g/mol. The first kappa shape index (κ1) is 12.8. The Hall–Kier alpha value is -1.65. The van der Waals surface area contributed by atoms with Gasteiger partial charge in [0, 0.05) is 31.9 Å². The number of hydrogen-bond acceptors (Lipinski definition) is 4. The number of rotatable bonds is 4. The summed E-state index contributed by atoms with van der Waals surface area (Å²) in [5.74, 6) is 0.822. The molecule has 0 spiro atoms. The van der Waals surface area contributed by atoms with Gasteiger partial charge in [0.2, 0.25) is 0 Å². The van der Waals surface area contributed by atoms with Crippen LogP contribution in [-0.2, 0) is 4.79 Å². The maximum Gasteiger partial charge on any atom is 0.303 e. The molecule has 1 aromatic rings. The van der Waals surface area contributed by atoms with Crippen molar-refractivity contribution in [2.45, 2.75) is 26.2 Å². The minimum Gasteiger partial charge on any atom is -0.481 e. The first-order chi connectivity index (χ1) is 8.66. The zero-order valence-corrected chi connectivity index (χ0v) is 10.6. The van der Waals surface area contributed by atoms with Crippen LogP contribution in [0.2, 0.25) is 0 Å². The van der Waals surface area contributed by atoms with E-state index >= 15 is 0 Å². The molecular formula is C13H19N3O2. The van der Waals surface area contributed by atoms with Crippen LogP contribution in [0.5, 0.6) is 0 Å². The van der Waals surface area contributed by atoms with Crippen LogP contribution in [0, 0.1) is 11.8 Å². The molecule has 0 saturated carbocycles. The Morgan fingerprint density at radius 1 is 1.61 bits per heavy atom. The quantitative estimate of drug-likeness (QED) is 0.881. The van der Waals surface area contributed by atoms with Crippen molar-refractivity contribution in [3.8, 4) is 0 Å². The largest absolute Gasteiger partial charge is 0.481 e. The Balaban J connectivity index is 1.98. The van der Waals surface area contributed by atoms with E-state index in [4.69, 9.17) is 5.11 Å². The molecule has 5 heteroatoms. The van der Waals surface area contributed by atoms with Gasteiger partial charge in [-0.15, -0.1) is 0 Å². The molecule has 0 aliphatic carbocycles. The normalized spacial score (nSPS) is 21.6. The molecule has 1 aliphatic rings. The summed E-state index contributed by atoms with van der Waals surface area (Å²) in [4.78, 5) is 21.4. The van der Waals surface area contributed by atoms with Crippen molar-refractivity contribution >= 4 is 11.8 Å². The van der Waals surface area contributed by atoms with Gasteiger partial charge in [-0.05, 0) is 24.7 Å². The van der Waals surface area contributed by atoms with Gasteiger partial charge in [-0.2, -0.15) is 0 Å². The summed E-state index contributed by atoms with van der Waals surface area (Å²) in [6.45, 7) is 3.89. The van der Waals surface area contributed by atoms with E-state index in [9.17, 15) is 4.79 Å². The van der Waals surface area contributed by atoms with Gasteiger partial charge in [-0.3, -0.25) is 9.78 Å². The number of carboxylic acids is 1. The molecule has 1 fully saturated rings. The van der Waals surface area contributed by atoms with Crippen molar-refractivity contribution in [1.82, 2.24) is 9.97 Å². The van der Waals surface area contributed by atoms with E-state index in [1.54, 1.807) is 18.6 Å². The number of hydrogen-bond donors (Lipinski definition) is 1. The number of nitrogens with zero attached hydrogens (tertiary/aromatic N) is 3. The Morgan fingerprint density at radius 2 is 2.44 bits per heavy atom. The number of aromatic nitrogens is 2. The van der Waals surface area contributed by atoms with Gasteiger partial charge in [-0.25, -0.2) is 4.98 Å². The fourth-order valence-corrected chi connectivity index (χ4v) is 2.58. The molecule has 5 nitrogen and oxygen atoms in total. The molecule has 0 aromatic carbocycles. The standard InChI is InChI=1S/C13H19N3O2/c1-10(7-13(17)18)11-3-2-6-16(9-11)12-8-14-4-5-15-12/h4-5,8,10-11H,2-3,6-7,9H2,1H3,(H,17,18). The molecule has 98 valence electrons. The summed E-state index contributed by atoms with van der Waals surface area (Å²) in [5, 5.41) is 8.86. The van der Waals surface area contributed by atoms with E-state index in [0.717, 1.165) is 31.7 Å². The van der Waals surface area contributed by atoms with Crippen LogP contribution in [0.4, 0.5) is 5.82 Å². The highest BCUT2D eigenvalue weighted by molar-refractivity contribution is 5.67. The number of anilines is 1. The number of piperidine rings is 1. The van der Waals surface area contributed by atoms with Crippen molar-refractivity contribution in [1.29, 1.82) is 0 Å². The molecule has 0 bridgehead atoms. The number of aliphatic carboxylic acids is 1. The third-order valence-corrected chi connectivity index (χ3v) is 3.63. The first-order valence-electron chi connectivity index (χ1n) is 6.39. The summed E-state index contributed by atoms with van der Waals surface area (Å²) in [6.07, 6.45) is 7.57. The molecule has 2 heterocycles. The maximum atomic E-state index is 10.8. The second-order valence-corrected chi connectivity index (χ2v) is 4.99. The van der Waals surface area contributed by atoms with Gasteiger partial charge in [0.15, 0.2) is 0 Å². The summed E-state index contributed by atoms with van der Waals surface area (Å²) >= 11 is 0. The van der Waals surface area contributed by atoms with E-state index in [0.29, 0.717) is 5.92 Å². The predicted molar refractivity (Wildman–Crippen MR) is 68.4 cm³/mol.